The van der Waals surface area contributed by atoms with Crippen molar-refractivity contribution in [3.63, 3.8) is 0 Å². The van der Waals surface area contributed by atoms with Crippen molar-refractivity contribution in [1.82, 2.24) is 0 Å². The molecule has 0 saturated carbocycles. The van der Waals surface area contributed by atoms with Gasteiger partial charge in [-0.3, -0.25) is 0 Å². The average Bonchev–Trinajstić information content (AvgIpc) is 3.00. The summed E-state index contributed by atoms with van der Waals surface area (Å²) in [7, 11) is 0. The minimum Gasteiger partial charge on any atom is -0.371 e. The quantitative estimate of drug-likeness (QED) is 0.221. The van der Waals surface area contributed by atoms with E-state index in [0.29, 0.717) is 0 Å². The number of rotatable bonds is 6. The van der Waals surface area contributed by atoms with Crippen molar-refractivity contribution in [3.8, 4) is 12.1 Å². The summed E-state index contributed by atoms with van der Waals surface area (Å²) in [6.07, 6.45) is 12.4. The molecule has 0 atom stereocenters. The molecular formula is C34H30F4N4. The van der Waals surface area contributed by atoms with E-state index in [1.165, 1.54) is 12.2 Å². The molecule has 8 heteroatoms. The van der Waals surface area contributed by atoms with Gasteiger partial charge in [0, 0.05) is 48.7 Å². The lowest BCUT2D eigenvalue weighted by Crippen LogP contribution is -2.32. The van der Waals surface area contributed by atoms with E-state index in [1.807, 2.05) is 12.1 Å². The summed E-state index contributed by atoms with van der Waals surface area (Å²) in [5.74, 6) is -3.26. The maximum Gasteiger partial charge on any atom is 0.134 e. The van der Waals surface area contributed by atoms with E-state index < -0.39 is 23.3 Å². The van der Waals surface area contributed by atoms with Gasteiger partial charge in [-0.05, 0) is 98.2 Å². The number of hydrogen-bond acceptors (Lipinski definition) is 4. The Kier molecular flexibility index (Phi) is 8.93. The number of nitriles is 2. The maximum atomic E-state index is 14.7. The second kappa shape index (κ2) is 13.0. The lowest BCUT2D eigenvalue weighted by molar-refractivity contribution is 0.574. The van der Waals surface area contributed by atoms with Crippen molar-refractivity contribution in [1.29, 1.82) is 10.5 Å². The molecule has 0 unspecified atom stereocenters. The van der Waals surface area contributed by atoms with Crippen LogP contribution in [0.15, 0.2) is 36.4 Å². The zero-order valence-corrected chi connectivity index (χ0v) is 23.1. The fraction of sp³-hybridized carbons (Fsp3) is 0.294. The first-order valence-corrected chi connectivity index (χ1v) is 14.2. The topological polar surface area (TPSA) is 54.1 Å². The smallest absolute Gasteiger partial charge is 0.134 e. The summed E-state index contributed by atoms with van der Waals surface area (Å²) >= 11 is 0. The van der Waals surface area contributed by atoms with Gasteiger partial charge in [-0.25, -0.2) is 17.6 Å². The summed E-state index contributed by atoms with van der Waals surface area (Å²) in [6, 6.07) is 11.6. The molecule has 2 fully saturated rings. The normalized spacial score (nSPS) is 15.8. The first-order valence-electron chi connectivity index (χ1n) is 14.2. The summed E-state index contributed by atoms with van der Waals surface area (Å²) in [6.45, 7) is 3.24. The molecule has 0 bridgehead atoms. The van der Waals surface area contributed by atoms with E-state index in [-0.39, 0.29) is 22.3 Å². The van der Waals surface area contributed by atoms with E-state index in [2.05, 4.69) is 9.80 Å². The predicted octanol–water partition coefficient (Wildman–Crippen LogP) is 8.31. The van der Waals surface area contributed by atoms with Crippen LogP contribution in [0.25, 0.3) is 24.3 Å². The van der Waals surface area contributed by atoms with Crippen molar-refractivity contribution < 1.29 is 17.6 Å². The Bertz CT molecular complexity index is 1450. The molecule has 0 aliphatic carbocycles. The molecule has 2 saturated heterocycles. The Hall–Kier alpha value is -4.56. The molecule has 3 aromatic rings. The van der Waals surface area contributed by atoms with Gasteiger partial charge in [-0.2, -0.15) is 10.5 Å². The van der Waals surface area contributed by atoms with Crippen LogP contribution in [-0.4, -0.2) is 26.2 Å². The van der Waals surface area contributed by atoms with Crippen LogP contribution in [0.2, 0.25) is 0 Å². The average molecular weight is 571 g/mol. The number of hydrogen-bond donors (Lipinski definition) is 0. The number of piperidine rings is 2. The Balaban J connectivity index is 1.63. The number of anilines is 2. The van der Waals surface area contributed by atoms with Crippen molar-refractivity contribution in [2.45, 2.75) is 38.5 Å². The number of nitrogens with zero attached hydrogens (tertiary/aromatic N) is 4. The molecule has 0 aromatic heterocycles. The van der Waals surface area contributed by atoms with Crippen LogP contribution in [0.3, 0.4) is 0 Å². The van der Waals surface area contributed by atoms with Crippen LogP contribution in [-0.2, 0) is 0 Å². The highest BCUT2D eigenvalue weighted by Gasteiger charge is 2.20. The Morgan fingerprint density at radius 2 is 0.833 bits per heavy atom. The maximum absolute atomic E-state index is 14.7. The molecular weight excluding hydrogens is 540 g/mol. The van der Waals surface area contributed by atoms with E-state index in [1.54, 1.807) is 24.3 Å². The molecule has 214 valence electrons. The Morgan fingerprint density at radius 3 is 1.14 bits per heavy atom. The fourth-order valence-electron chi connectivity index (χ4n) is 5.66. The zero-order valence-electron chi connectivity index (χ0n) is 23.1. The molecule has 2 aliphatic rings. The summed E-state index contributed by atoms with van der Waals surface area (Å²) < 4.78 is 58.9. The van der Waals surface area contributed by atoms with Gasteiger partial charge >= 0.3 is 0 Å². The SMILES string of the molecule is N#Cc1cc(F)c(/C=C/c2cc(N3CCCCC3)c(/C=C/c3c(F)cc(C#N)cc3F)cc2N2CCCCC2)c(F)c1. The third-order valence-corrected chi connectivity index (χ3v) is 7.84. The molecule has 3 aromatic carbocycles. The number of halogens is 4. The lowest BCUT2D eigenvalue weighted by atomic mass is 9.98. The standard InChI is InChI=1S/C34H30F4N4/c35-29-15-23(21-39)16-30(36)27(29)9-7-25-20-34(42-13-5-2-6-14-42)26(19-33(25)41-11-3-1-4-12-41)8-10-28-31(37)17-24(22-40)18-32(28)38/h7-10,15-20H,1-6,11-14H2/b9-7+,10-8+. The Morgan fingerprint density at radius 1 is 0.500 bits per heavy atom. The van der Waals surface area contributed by atoms with Gasteiger partial charge in [-0.1, -0.05) is 12.2 Å². The van der Waals surface area contributed by atoms with Crippen molar-refractivity contribution in [3.05, 3.63) is 93.0 Å². The van der Waals surface area contributed by atoms with Crippen LogP contribution >= 0.6 is 0 Å². The molecule has 0 radical (unpaired) electrons. The van der Waals surface area contributed by atoms with Crippen molar-refractivity contribution in [2.24, 2.45) is 0 Å². The van der Waals surface area contributed by atoms with E-state index in [9.17, 15) is 17.6 Å². The monoisotopic (exact) mass is 570 g/mol. The third-order valence-electron chi connectivity index (χ3n) is 7.84. The van der Waals surface area contributed by atoms with E-state index >= 15 is 0 Å². The lowest BCUT2D eigenvalue weighted by Gasteiger charge is -2.34. The minimum atomic E-state index is -0.815. The van der Waals surface area contributed by atoms with Crippen LogP contribution in [0, 0.1) is 45.9 Å². The largest absolute Gasteiger partial charge is 0.371 e. The molecule has 4 nitrogen and oxygen atoms in total. The molecule has 42 heavy (non-hydrogen) atoms. The highest BCUT2D eigenvalue weighted by molar-refractivity contribution is 5.86. The second-order valence-electron chi connectivity index (χ2n) is 10.7. The third kappa shape index (κ3) is 6.34. The van der Waals surface area contributed by atoms with Crippen LogP contribution in [0.4, 0.5) is 28.9 Å². The van der Waals surface area contributed by atoms with Gasteiger partial charge in [0.25, 0.3) is 0 Å². The van der Waals surface area contributed by atoms with Gasteiger partial charge in [0.1, 0.15) is 23.3 Å². The van der Waals surface area contributed by atoms with Gasteiger partial charge in [-0.15, -0.1) is 0 Å². The number of benzene rings is 3. The zero-order chi connectivity index (χ0) is 29.6. The second-order valence-corrected chi connectivity index (χ2v) is 10.7. The van der Waals surface area contributed by atoms with Crippen LogP contribution < -0.4 is 9.80 Å². The minimum absolute atomic E-state index is 0.0881. The van der Waals surface area contributed by atoms with E-state index in [0.717, 1.165) is 111 Å². The molecule has 0 N–H and O–H groups in total. The summed E-state index contributed by atoms with van der Waals surface area (Å²) in [5, 5.41) is 18.1. The predicted molar refractivity (Wildman–Crippen MR) is 159 cm³/mol. The summed E-state index contributed by atoms with van der Waals surface area (Å²) in [4.78, 5) is 4.46. The van der Waals surface area contributed by atoms with Crippen molar-refractivity contribution >= 4 is 35.7 Å². The fourth-order valence-corrected chi connectivity index (χ4v) is 5.66. The van der Waals surface area contributed by atoms with Crippen molar-refractivity contribution in [2.75, 3.05) is 36.0 Å². The molecule has 0 spiro atoms. The molecule has 2 heterocycles. The first kappa shape index (κ1) is 29.0. The van der Waals surface area contributed by atoms with E-state index in [4.69, 9.17) is 10.5 Å². The molecule has 0 amide bonds. The first-order chi connectivity index (χ1) is 20.4. The van der Waals surface area contributed by atoms with Gasteiger partial charge < -0.3 is 9.80 Å². The summed E-state index contributed by atoms with van der Waals surface area (Å²) in [5.41, 5.74) is 2.64. The van der Waals surface area contributed by atoms with Gasteiger partial charge in [0.05, 0.1) is 23.3 Å². The van der Waals surface area contributed by atoms with Crippen LogP contribution in [0.1, 0.15) is 71.9 Å². The molecule has 2 aliphatic heterocycles. The highest BCUT2D eigenvalue weighted by Crippen LogP contribution is 2.36. The van der Waals surface area contributed by atoms with Gasteiger partial charge in [0.2, 0.25) is 0 Å². The van der Waals surface area contributed by atoms with Gasteiger partial charge in [0.15, 0.2) is 0 Å². The molecule has 5 rings (SSSR count). The highest BCUT2D eigenvalue weighted by atomic mass is 19.1. The van der Waals surface area contributed by atoms with Crippen LogP contribution in [0.5, 0.6) is 0 Å². The Labute approximate surface area is 243 Å².